The van der Waals surface area contributed by atoms with Crippen LogP contribution in [-0.2, 0) is 9.59 Å². The van der Waals surface area contributed by atoms with Crippen LogP contribution < -0.4 is 0 Å². The maximum atomic E-state index is 11.3. The Hall–Kier alpha value is -1.00. The molecule has 0 aromatic carbocycles. The fourth-order valence-corrected chi connectivity index (χ4v) is 0.225. The van der Waals surface area contributed by atoms with Crippen LogP contribution in [0.3, 0.4) is 0 Å². The fraction of sp³-hybridized carbons (Fsp3) is 0.500. The van der Waals surface area contributed by atoms with Crippen LogP contribution in [0.5, 0.6) is 0 Å². The fourth-order valence-electron chi connectivity index (χ4n) is 0.225. The first-order chi connectivity index (χ1) is 4.09. The zero-order valence-electron chi connectivity index (χ0n) is 4.25. The Balaban J connectivity index is 3.98. The third kappa shape index (κ3) is 2.16. The minimum absolute atomic E-state index is 0.285. The largest absolute Gasteiger partial charge is 0.481 e. The molecule has 0 saturated heterocycles. The summed E-state index contributed by atoms with van der Waals surface area (Å²) in [5, 5.41) is 7.83. The number of hydrogen-bond acceptors (Lipinski definition) is 2. The molecule has 0 aliphatic carbocycles. The Labute approximate surface area is 49.3 Å². The van der Waals surface area contributed by atoms with Crippen molar-refractivity contribution in [1.82, 2.24) is 0 Å². The molecular weight excluding hydrogens is 134 g/mol. The number of alkyl halides is 2. The molecule has 0 bridgehead atoms. The van der Waals surface area contributed by atoms with Crippen molar-refractivity contribution in [2.45, 2.75) is 6.43 Å². The van der Waals surface area contributed by atoms with E-state index in [1.54, 1.807) is 0 Å². The lowest BCUT2D eigenvalue weighted by atomic mass is 10.2. The first-order valence-electron chi connectivity index (χ1n) is 2.06. The normalized spacial score (nSPS) is 13.2. The Kier molecular flexibility index (Phi) is 2.77. The van der Waals surface area contributed by atoms with E-state index in [9.17, 15) is 18.4 Å². The zero-order chi connectivity index (χ0) is 7.44. The molecule has 0 radical (unpaired) electrons. The SMILES string of the molecule is O=CC(C(=O)O)C(F)F. The van der Waals surface area contributed by atoms with E-state index in [1.807, 2.05) is 0 Å². The van der Waals surface area contributed by atoms with Crippen molar-refractivity contribution in [1.29, 1.82) is 0 Å². The van der Waals surface area contributed by atoms with Crippen LogP contribution in [0.1, 0.15) is 0 Å². The van der Waals surface area contributed by atoms with Crippen LogP contribution in [0.25, 0.3) is 0 Å². The van der Waals surface area contributed by atoms with Gasteiger partial charge in [0.1, 0.15) is 6.29 Å². The van der Waals surface area contributed by atoms with Crippen molar-refractivity contribution in [2.24, 2.45) is 5.92 Å². The second-order valence-corrected chi connectivity index (χ2v) is 1.33. The van der Waals surface area contributed by atoms with E-state index >= 15 is 0 Å². The summed E-state index contributed by atoms with van der Waals surface area (Å²) in [6, 6.07) is 0. The summed E-state index contributed by atoms with van der Waals surface area (Å²) in [4.78, 5) is 19.2. The second kappa shape index (κ2) is 3.11. The summed E-state index contributed by atoms with van der Waals surface area (Å²) in [6.45, 7) is 0. The van der Waals surface area contributed by atoms with E-state index in [1.165, 1.54) is 0 Å². The highest BCUT2D eigenvalue weighted by Crippen LogP contribution is 2.05. The lowest BCUT2D eigenvalue weighted by Gasteiger charge is -1.99. The van der Waals surface area contributed by atoms with Gasteiger partial charge < -0.3 is 9.90 Å². The van der Waals surface area contributed by atoms with Gasteiger partial charge in [-0.2, -0.15) is 0 Å². The molecule has 3 nitrogen and oxygen atoms in total. The Morgan fingerprint density at radius 3 is 2.00 bits per heavy atom. The maximum Gasteiger partial charge on any atom is 0.319 e. The topological polar surface area (TPSA) is 54.4 Å². The first kappa shape index (κ1) is 8.00. The molecule has 0 fully saturated rings. The molecule has 0 rings (SSSR count). The average Bonchev–Trinajstić information content (AvgIpc) is 1.64. The molecule has 0 aromatic heterocycles. The average molecular weight is 138 g/mol. The molecule has 5 heteroatoms. The Morgan fingerprint density at radius 2 is 2.00 bits per heavy atom. The van der Waals surface area contributed by atoms with Gasteiger partial charge >= 0.3 is 5.97 Å². The van der Waals surface area contributed by atoms with Gasteiger partial charge in [0.15, 0.2) is 5.92 Å². The van der Waals surface area contributed by atoms with Crippen LogP contribution in [0.15, 0.2) is 0 Å². The number of aliphatic carboxylic acids is 1. The molecule has 0 saturated carbocycles. The highest BCUT2D eigenvalue weighted by Gasteiger charge is 2.26. The summed E-state index contributed by atoms with van der Waals surface area (Å²) in [5.74, 6) is -3.97. The highest BCUT2D eigenvalue weighted by atomic mass is 19.3. The number of carbonyl (C=O) groups is 2. The molecule has 0 heterocycles. The van der Waals surface area contributed by atoms with E-state index in [4.69, 9.17) is 5.11 Å². The maximum absolute atomic E-state index is 11.3. The van der Waals surface area contributed by atoms with Gasteiger partial charge in [0.25, 0.3) is 6.43 Å². The van der Waals surface area contributed by atoms with Crippen molar-refractivity contribution >= 4 is 12.3 Å². The molecule has 0 aromatic rings. The lowest BCUT2D eigenvalue weighted by molar-refractivity contribution is -0.148. The predicted octanol–water partition coefficient (Wildman–Crippen LogP) is 0.151. The monoisotopic (exact) mass is 138 g/mol. The third-order valence-corrected chi connectivity index (χ3v) is 0.703. The molecule has 52 valence electrons. The van der Waals surface area contributed by atoms with Crippen LogP contribution in [-0.4, -0.2) is 23.8 Å². The summed E-state index contributed by atoms with van der Waals surface area (Å²) in [5.41, 5.74) is 0. The molecule has 1 atom stereocenters. The van der Waals surface area contributed by atoms with Gasteiger partial charge in [-0.25, -0.2) is 8.78 Å². The minimum atomic E-state index is -3.11. The number of carbonyl (C=O) groups excluding carboxylic acids is 1. The number of halogens is 2. The second-order valence-electron chi connectivity index (χ2n) is 1.33. The van der Waals surface area contributed by atoms with Gasteiger partial charge in [-0.1, -0.05) is 0 Å². The van der Waals surface area contributed by atoms with E-state index in [-0.39, 0.29) is 6.29 Å². The van der Waals surface area contributed by atoms with E-state index < -0.39 is 18.3 Å². The predicted molar refractivity (Wildman–Crippen MR) is 23.2 cm³/mol. The molecule has 1 unspecified atom stereocenters. The summed E-state index contributed by atoms with van der Waals surface area (Å²) in [7, 11) is 0. The van der Waals surface area contributed by atoms with Crippen LogP contribution in [0.2, 0.25) is 0 Å². The first-order valence-corrected chi connectivity index (χ1v) is 2.06. The van der Waals surface area contributed by atoms with Crippen molar-refractivity contribution in [3.8, 4) is 0 Å². The van der Waals surface area contributed by atoms with Gasteiger partial charge in [-0.05, 0) is 0 Å². The Morgan fingerprint density at radius 1 is 1.56 bits per heavy atom. The van der Waals surface area contributed by atoms with Crippen molar-refractivity contribution < 1.29 is 23.5 Å². The number of carboxylic acid groups (broad SMARTS) is 1. The number of aldehydes is 1. The van der Waals surface area contributed by atoms with Gasteiger partial charge in [0.05, 0.1) is 0 Å². The number of rotatable bonds is 3. The van der Waals surface area contributed by atoms with Crippen molar-refractivity contribution in [3.63, 3.8) is 0 Å². The molecule has 0 amide bonds. The Bertz CT molecular complexity index is 123. The standard InChI is InChI=1S/C4H4F2O3/c5-3(6)2(1-7)4(8)9/h1-3H,(H,8,9). The summed E-state index contributed by atoms with van der Waals surface area (Å²) >= 11 is 0. The van der Waals surface area contributed by atoms with Gasteiger partial charge in [-0.3, -0.25) is 4.79 Å². The van der Waals surface area contributed by atoms with Gasteiger partial charge in [0.2, 0.25) is 0 Å². The minimum Gasteiger partial charge on any atom is -0.481 e. The lowest BCUT2D eigenvalue weighted by Crippen LogP contribution is -2.22. The van der Waals surface area contributed by atoms with Crippen molar-refractivity contribution in [2.75, 3.05) is 0 Å². The van der Waals surface area contributed by atoms with Gasteiger partial charge in [0, 0.05) is 0 Å². The quantitative estimate of drug-likeness (QED) is 0.446. The zero-order valence-corrected chi connectivity index (χ0v) is 4.25. The third-order valence-electron chi connectivity index (χ3n) is 0.703. The highest BCUT2D eigenvalue weighted by molar-refractivity contribution is 5.86. The van der Waals surface area contributed by atoms with Gasteiger partial charge in [-0.15, -0.1) is 0 Å². The molecule has 1 N–H and O–H groups in total. The molecule has 0 spiro atoms. The van der Waals surface area contributed by atoms with Crippen LogP contribution in [0, 0.1) is 5.92 Å². The number of hydrogen-bond donors (Lipinski definition) is 1. The summed E-state index contributed by atoms with van der Waals surface area (Å²) < 4.78 is 22.7. The molecule has 0 aliphatic heterocycles. The smallest absolute Gasteiger partial charge is 0.319 e. The molecular formula is C4H4F2O3. The number of carboxylic acids is 1. The van der Waals surface area contributed by atoms with Crippen LogP contribution in [0.4, 0.5) is 8.78 Å². The van der Waals surface area contributed by atoms with Crippen LogP contribution >= 0.6 is 0 Å². The van der Waals surface area contributed by atoms with E-state index in [0.29, 0.717) is 0 Å². The van der Waals surface area contributed by atoms with E-state index in [2.05, 4.69) is 0 Å². The molecule has 9 heavy (non-hydrogen) atoms. The van der Waals surface area contributed by atoms with E-state index in [0.717, 1.165) is 0 Å². The molecule has 0 aliphatic rings. The van der Waals surface area contributed by atoms with Crippen molar-refractivity contribution in [3.05, 3.63) is 0 Å². The summed E-state index contributed by atoms with van der Waals surface area (Å²) in [6.07, 6.45) is -3.40.